The molecule has 6 nitrogen and oxygen atoms in total. The zero-order chi connectivity index (χ0) is 11.5. The Labute approximate surface area is 93.4 Å². The van der Waals surface area contributed by atoms with Gasteiger partial charge in [0.2, 0.25) is 11.9 Å². The molecule has 2 N–H and O–H groups in total. The van der Waals surface area contributed by atoms with Crippen molar-refractivity contribution in [2.45, 2.75) is 6.42 Å². The van der Waals surface area contributed by atoms with E-state index in [0.717, 1.165) is 0 Å². The summed E-state index contributed by atoms with van der Waals surface area (Å²) < 4.78 is 4.95. The zero-order valence-corrected chi connectivity index (χ0v) is 9.09. The largest absolute Gasteiger partial charge is 0.494 e. The van der Waals surface area contributed by atoms with Crippen molar-refractivity contribution in [3.05, 3.63) is 12.4 Å². The quantitative estimate of drug-likeness (QED) is 0.765. The lowest BCUT2D eigenvalue weighted by Crippen LogP contribution is -2.27. The molecule has 1 aliphatic heterocycles. The fourth-order valence-corrected chi connectivity index (χ4v) is 1.69. The van der Waals surface area contributed by atoms with Gasteiger partial charge in [0, 0.05) is 13.0 Å². The van der Waals surface area contributed by atoms with E-state index in [-0.39, 0.29) is 11.8 Å². The molecule has 1 unspecified atom stereocenters. The Balaban J connectivity index is 2.15. The van der Waals surface area contributed by atoms with Gasteiger partial charge in [0.05, 0.1) is 19.5 Å². The summed E-state index contributed by atoms with van der Waals surface area (Å²) in [7, 11) is 1.55. The molecular formula is C10H14N4O2. The average molecular weight is 222 g/mol. The molecule has 1 aromatic heterocycles. The highest BCUT2D eigenvalue weighted by molar-refractivity contribution is 5.94. The molecule has 1 aromatic rings. The third-order valence-electron chi connectivity index (χ3n) is 2.63. The molecule has 2 heterocycles. The van der Waals surface area contributed by atoms with E-state index < -0.39 is 0 Å². The van der Waals surface area contributed by atoms with Gasteiger partial charge in [0.1, 0.15) is 0 Å². The van der Waals surface area contributed by atoms with Crippen LogP contribution in [0.3, 0.4) is 0 Å². The molecule has 2 rings (SSSR count). The Morgan fingerprint density at radius 1 is 1.56 bits per heavy atom. The number of amides is 1. The Hall–Kier alpha value is -1.69. The Kier molecular flexibility index (Phi) is 3.00. The third-order valence-corrected chi connectivity index (χ3v) is 2.63. The maximum Gasteiger partial charge on any atom is 0.232 e. The fourth-order valence-electron chi connectivity index (χ4n) is 1.69. The summed E-state index contributed by atoms with van der Waals surface area (Å²) in [4.78, 5) is 21.4. The first-order chi connectivity index (χ1) is 7.74. The molecule has 1 amide bonds. The maximum absolute atomic E-state index is 11.7. The van der Waals surface area contributed by atoms with Crippen LogP contribution in [0.25, 0.3) is 0 Å². The van der Waals surface area contributed by atoms with Gasteiger partial charge in [-0.25, -0.2) is 9.97 Å². The summed E-state index contributed by atoms with van der Waals surface area (Å²) in [5, 5.41) is 0. The number of rotatable bonds is 3. The van der Waals surface area contributed by atoms with Crippen LogP contribution in [0.4, 0.5) is 5.95 Å². The van der Waals surface area contributed by atoms with Crippen LogP contribution in [0.5, 0.6) is 5.75 Å². The molecule has 1 atom stereocenters. The van der Waals surface area contributed by atoms with Gasteiger partial charge >= 0.3 is 0 Å². The van der Waals surface area contributed by atoms with Crippen molar-refractivity contribution in [2.75, 3.05) is 25.1 Å². The van der Waals surface area contributed by atoms with Crippen LogP contribution in [0.1, 0.15) is 6.42 Å². The van der Waals surface area contributed by atoms with Crippen LogP contribution in [-0.2, 0) is 4.79 Å². The minimum absolute atomic E-state index is 0.0283. The van der Waals surface area contributed by atoms with Gasteiger partial charge in [-0.05, 0) is 12.5 Å². The zero-order valence-electron chi connectivity index (χ0n) is 9.09. The number of hydrogen-bond donors (Lipinski definition) is 1. The number of nitrogens with two attached hydrogens (primary N) is 1. The van der Waals surface area contributed by atoms with Crippen LogP contribution < -0.4 is 15.4 Å². The van der Waals surface area contributed by atoms with Crippen molar-refractivity contribution in [1.82, 2.24) is 9.97 Å². The molecule has 6 heteroatoms. The minimum Gasteiger partial charge on any atom is -0.494 e. The van der Waals surface area contributed by atoms with Crippen molar-refractivity contribution in [2.24, 2.45) is 11.7 Å². The van der Waals surface area contributed by atoms with Gasteiger partial charge in [0.25, 0.3) is 0 Å². The molecule has 0 spiro atoms. The van der Waals surface area contributed by atoms with Crippen molar-refractivity contribution in [3.8, 4) is 5.75 Å². The number of aromatic nitrogens is 2. The second kappa shape index (κ2) is 4.44. The summed E-state index contributed by atoms with van der Waals surface area (Å²) in [5.74, 6) is 1.23. The standard InChI is InChI=1S/C10H14N4O2/c1-16-8-4-12-10(13-5-8)14-6-7(3-11)2-9(14)15/h4-5,7H,2-3,6,11H2,1H3. The second-order valence-electron chi connectivity index (χ2n) is 3.73. The predicted octanol–water partition coefficient (Wildman–Crippen LogP) is -0.203. The molecule has 0 saturated carbocycles. The van der Waals surface area contributed by atoms with E-state index in [1.165, 1.54) is 0 Å². The lowest BCUT2D eigenvalue weighted by Gasteiger charge is -2.13. The highest BCUT2D eigenvalue weighted by Crippen LogP contribution is 2.21. The summed E-state index contributed by atoms with van der Waals surface area (Å²) in [5.41, 5.74) is 5.54. The molecule has 0 aromatic carbocycles. The number of anilines is 1. The Morgan fingerprint density at radius 3 is 2.75 bits per heavy atom. The van der Waals surface area contributed by atoms with Crippen LogP contribution in [-0.4, -0.2) is 36.1 Å². The van der Waals surface area contributed by atoms with E-state index in [9.17, 15) is 4.79 Å². The summed E-state index contributed by atoms with van der Waals surface area (Å²) in [6.07, 6.45) is 3.57. The maximum atomic E-state index is 11.7. The minimum atomic E-state index is 0.0283. The van der Waals surface area contributed by atoms with Crippen molar-refractivity contribution < 1.29 is 9.53 Å². The molecular weight excluding hydrogens is 208 g/mol. The van der Waals surface area contributed by atoms with E-state index in [1.54, 1.807) is 24.4 Å². The summed E-state index contributed by atoms with van der Waals surface area (Å²) >= 11 is 0. The normalized spacial score (nSPS) is 20.2. The van der Waals surface area contributed by atoms with Crippen LogP contribution >= 0.6 is 0 Å². The molecule has 86 valence electrons. The van der Waals surface area contributed by atoms with Gasteiger partial charge < -0.3 is 10.5 Å². The number of carbonyl (C=O) groups is 1. The number of ether oxygens (including phenoxy) is 1. The van der Waals surface area contributed by atoms with E-state index in [2.05, 4.69) is 9.97 Å². The van der Waals surface area contributed by atoms with Crippen molar-refractivity contribution >= 4 is 11.9 Å². The van der Waals surface area contributed by atoms with Gasteiger partial charge in [-0.15, -0.1) is 0 Å². The van der Waals surface area contributed by atoms with Crippen molar-refractivity contribution in [3.63, 3.8) is 0 Å². The van der Waals surface area contributed by atoms with Crippen molar-refractivity contribution in [1.29, 1.82) is 0 Å². The van der Waals surface area contributed by atoms with Gasteiger partial charge in [-0.3, -0.25) is 9.69 Å². The lowest BCUT2D eigenvalue weighted by molar-refractivity contribution is -0.117. The molecule has 0 radical (unpaired) electrons. The Morgan fingerprint density at radius 2 is 2.25 bits per heavy atom. The fraction of sp³-hybridized carbons (Fsp3) is 0.500. The Bertz CT molecular complexity index is 379. The highest BCUT2D eigenvalue weighted by Gasteiger charge is 2.31. The van der Waals surface area contributed by atoms with Gasteiger partial charge in [0.15, 0.2) is 5.75 Å². The molecule has 1 aliphatic rings. The van der Waals surface area contributed by atoms with E-state index in [0.29, 0.717) is 31.2 Å². The average Bonchev–Trinajstić information content (AvgIpc) is 2.71. The number of carbonyl (C=O) groups excluding carboxylic acids is 1. The van der Waals surface area contributed by atoms with E-state index >= 15 is 0 Å². The molecule has 1 saturated heterocycles. The first-order valence-electron chi connectivity index (χ1n) is 5.11. The first-order valence-corrected chi connectivity index (χ1v) is 5.11. The SMILES string of the molecule is COc1cnc(N2CC(CN)CC2=O)nc1. The molecule has 1 fully saturated rings. The molecule has 0 bridgehead atoms. The van der Waals surface area contributed by atoms with Gasteiger partial charge in [-0.2, -0.15) is 0 Å². The van der Waals surface area contributed by atoms with E-state index in [4.69, 9.17) is 10.5 Å². The number of hydrogen-bond acceptors (Lipinski definition) is 5. The van der Waals surface area contributed by atoms with Crippen LogP contribution in [0.15, 0.2) is 12.4 Å². The summed E-state index contributed by atoms with van der Waals surface area (Å²) in [6.45, 7) is 1.11. The van der Waals surface area contributed by atoms with E-state index in [1.807, 2.05) is 0 Å². The monoisotopic (exact) mass is 222 g/mol. The second-order valence-corrected chi connectivity index (χ2v) is 3.73. The van der Waals surface area contributed by atoms with Gasteiger partial charge in [-0.1, -0.05) is 0 Å². The molecule has 16 heavy (non-hydrogen) atoms. The lowest BCUT2D eigenvalue weighted by atomic mass is 10.1. The highest BCUT2D eigenvalue weighted by atomic mass is 16.5. The van der Waals surface area contributed by atoms with Crippen LogP contribution in [0, 0.1) is 5.92 Å². The number of methoxy groups -OCH3 is 1. The predicted molar refractivity (Wildman–Crippen MR) is 58.1 cm³/mol. The summed E-state index contributed by atoms with van der Waals surface area (Å²) in [6, 6.07) is 0. The number of nitrogens with zero attached hydrogens (tertiary/aromatic N) is 3. The van der Waals surface area contributed by atoms with Crippen LogP contribution in [0.2, 0.25) is 0 Å². The topological polar surface area (TPSA) is 81.3 Å². The molecule has 0 aliphatic carbocycles. The first kappa shape index (κ1) is 10.8. The smallest absolute Gasteiger partial charge is 0.232 e. The third kappa shape index (κ3) is 1.96.